The van der Waals surface area contributed by atoms with Crippen molar-refractivity contribution in [2.75, 3.05) is 6.54 Å². The van der Waals surface area contributed by atoms with Crippen molar-refractivity contribution < 1.29 is 0 Å². The van der Waals surface area contributed by atoms with Gasteiger partial charge >= 0.3 is 0 Å². The van der Waals surface area contributed by atoms with E-state index in [4.69, 9.17) is 0 Å². The van der Waals surface area contributed by atoms with Crippen molar-refractivity contribution >= 4 is 0 Å². The monoisotopic (exact) mass is 253 g/mol. The van der Waals surface area contributed by atoms with Crippen LogP contribution < -0.4 is 5.32 Å². The molecule has 0 aromatic carbocycles. The van der Waals surface area contributed by atoms with E-state index in [1.165, 1.54) is 90.0 Å². The number of rotatable bonds is 11. The summed E-state index contributed by atoms with van der Waals surface area (Å²) in [6.45, 7) is 5.87. The Morgan fingerprint density at radius 1 is 0.778 bits per heavy atom. The summed E-state index contributed by atoms with van der Waals surface area (Å²) in [6.07, 6.45) is 18.5. The summed E-state index contributed by atoms with van der Waals surface area (Å²) < 4.78 is 0. The maximum Gasteiger partial charge on any atom is 0.0182 e. The Bertz CT molecular complexity index is 182. The third-order valence-electron chi connectivity index (χ3n) is 4.60. The molecule has 1 heteroatoms. The van der Waals surface area contributed by atoms with Crippen LogP contribution in [-0.4, -0.2) is 12.1 Å². The molecule has 1 aliphatic rings. The number of hydrogen-bond acceptors (Lipinski definition) is 1. The topological polar surface area (TPSA) is 12.0 Å². The molecule has 0 aliphatic carbocycles. The van der Waals surface area contributed by atoms with E-state index in [1.54, 1.807) is 0 Å². The summed E-state index contributed by atoms with van der Waals surface area (Å²) in [6, 6.07) is 0. The van der Waals surface area contributed by atoms with Crippen LogP contribution in [0.2, 0.25) is 0 Å². The Hall–Kier alpha value is -0.0400. The highest BCUT2D eigenvalue weighted by molar-refractivity contribution is 4.92. The highest BCUT2D eigenvalue weighted by Crippen LogP contribution is 2.30. The van der Waals surface area contributed by atoms with Gasteiger partial charge in [-0.1, -0.05) is 71.6 Å². The van der Waals surface area contributed by atoms with Crippen LogP contribution in [0, 0.1) is 0 Å². The summed E-state index contributed by atoms with van der Waals surface area (Å²) in [5.41, 5.74) is 0.541. The lowest BCUT2D eigenvalue weighted by atomic mass is 9.85. The predicted octanol–water partition coefficient (Wildman–Crippen LogP) is 5.44. The van der Waals surface area contributed by atoms with Gasteiger partial charge in [-0.3, -0.25) is 0 Å². The van der Waals surface area contributed by atoms with Gasteiger partial charge in [0.15, 0.2) is 0 Å². The zero-order valence-corrected chi connectivity index (χ0v) is 12.9. The van der Waals surface area contributed by atoms with Crippen LogP contribution in [0.5, 0.6) is 0 Å². The van der Waals surface area contributed by atoms with Crippen LogP contribution in [0.25, 0.3) is 0 Å². The second kappa shape index (κ2) is 9.83. The lowest BCUT2D eigenvalue weighted by Gasteiger charge is -2.29. The average molecular weight is 253 g/mol. The SMILES string of the molecule is CCCCCCCCCC1(CCCC)CCCN1. The van der Waals surface area contributed by atoms with E-state index in [9.17, 15) is 0 Å². The molecule has 1 unspecified atom stereocenters. The lowest BCUT2D eigenvalue weighted by molar-refractivity contribution is 0.302. The Morgan fingerprint density at radius 3 is 2.00 bits per heavy atom. The molecule has 0 aromatic rings. The van der Waals surface area contributed by atoms with Gasteiger partial charge in [0, 0.05) is 5.54 Å². The Labute approximate surface area is 115 Å². The van der Waals surface area contributed by atoms with Crippen LogP contribution >= 0.6 is 0 Å². The third-order valence-corrected chi connectivity index (χ3v) is 4.60. The van der Waals surface area contributed by atoms with Crippen molar-refractivity contribution in [2.45, 2.75) is 103 Å². The summed E-state index contributed by atoms with van der Waals surface area (Å²) in [4.78, 5) is 0. The summed E-state index contributed by atoms with van der Waals surface area (Å²) in [7, 11) is 0. The van der Waals surface area contributed by atoms with Crippen molar-refractivity contribution in [1.82, 2.24) is 5.32 Å². The Balaban J connectivity index is 2.06. The molecule has 1 heterocycles. The molecule has 0 radical (unpaired) electrons. The van der Waals surface area contributed by atoms with Gasteiger partial charge in [-0.15, -0.1) is 0 Å². The minimum absolute atomic E-state index is 0.541. The van der Waals surface area contributed by atoms with Crippen molar-refractivity contribution in [2.24, 2.45) is 0 Å². The van der Waals surface area contributed by atoms with Crippen molar-refractivity contribution in [3.8, 4) is 0 Å². The second-order valence-electron chi connectivity index (χ2n) is 6.29. The van der Waals surface area contributed by atoms with Gasteiger partial charge in [0.2, 0.25) is 0 Å². The molecule has 0 saturated carbocycles. The molecule has 1 saturated heterocycles. The number of nitrogens with one attached hydrogen (secondary N) is 1. The molecule has 0 spiro atoms. The Morgan fingerprint density at radius 2 is 1.39 bits per heavy atom. The van der Waals surface area contributed by atoms with E-state index >= 15 is 0 Å². The van der Waals surface area contributed by atoms with Gasteiger partial charge < -0.3 is 5.32 Å². The minimum Gasteiger partial charge on any atom is -0.311 e. The van der Waals surface area contributed by atoms with E-state index in [-0.39, 0.29) is 0 Å². The van der Waals surface area contributed by atoms with E-state index < -0.39 is 0 Å². The zero-order chi connectivity index (χ0) is 13.1. The summed E-state index contributed by atoms with van der Waals surface area (Å²) in [5, 5.41) is 3.82. The quantitative estimate of drug-likeness (QED) is 0.483. The minimum atomic E-state index is 0.541. The molecule has 1 rings (SSSR count). The maximum atomic E-state index is 3.82. The van der Waals surface area contributed by atoms with Gasteiger partial charge in [-0.25, -0.2) is 0 Å². The molecule has 1 N–H and O–H groups in total. The van der Waals surface area contributed by atoms with Crippen molar-refractivity contribution in [3.05, 3.63) is 0 Å². The van der Waals surface area contributed by atoms with Gasteiger partial charge in [-0.05, 0) is 32.2 Å². The fourth-order valence-corrected chi connectivity index (χ4v) is 3.36. The first-order chi connectivity index (χ1) is 8.83. The largest absolute Gasteiger partial charge is 0.311 e. The molecule has 18 heavy (non-hydrogen) atoms. The fourth-order valence-electron chi connectivity index (χ4n) is 3.36. The second-order valence-corrected chi connectivity index (χ2v) is 6.29. The summed E-state index contributed by atoms with van der Waals surface area (Å²) in [5.74, 6) is 0. The zero-order valence-electron chi connectivity index (χ0n) is 12.9. The van der Waals surface area contributed by atoms with E-state index in [2.05, 4.69) is 19.2 Å². The van der Waals surface area contributed by atoms with Gasteiger partial charge in [0.05, 0.1) is 0 Å². The molecular weight excluding hydrogens is 218 g/mol. The molecule has 1 fully saturated rings. The van der Waals surface area contributed by atoms with E-state index in [0.717, 1.165) is 0 Å². The Kier molecular flexibility index (Phi) is 8.75. The van der Waals surface area contributed by atoms with Gasteiger partial charge in [0.25, 0.3) is 0 Å². The first-order valence-electron chi connectivity index (χ1n) is 8.58. The molecule has 0 bridgehead atoms. The van der Waals surface area contributed by atoms with Crippen LogP contribution in [0.4, 0.5) is 0 Å². The van der Waals surface area contributed by atoms with Crippen LogP contribution in [0.15, 0.2) is 0 Å². The molecule has 108 valence electrons. The molecule has 1 nitrogen and oxygen atoms in total. The van der Waals surface area contributed by atoms with Crippen LogP contribution in [0.3, 0.4) is 0 Å². The van der Waals surface area contributed by atoms with Gasteiger partial charge in [-0.2, -0.15) is 0 Å². The number of hydrogen-bond donors (Lipinski definition) is 1. The van der Waals surface area contributed by atoms with Crippen LogP contribution in [-0.2, 0) is 0 Å². The first-order valence-corrected chi connectivity index (χ1v) is 8.58. The third kappa shape index (κ3) is 6.22. The van der Waals surface area contributed by atoms with E-state index in [0.29, 0.717) is 5.54 Å². The normalized spacial score (nSPS) is 23.7. The molecule has 1 aliphatic heterocycles. The highest BCUT2D eigenvalue weighted by Gasteiger charge is 2.31. The van der Waals surface area contributed by atoms with Crippen molar-refractivity contribution in [3.63, 3.8) is 0 Å². The smallest absolute Gasteiger partial charge is 0.0182 e. The fraction of sp³-hybridized carbons (Fsp3) is 1.00. The molecule has 0 aromatic heterocycles. The van der Waals surface area contributed by atoms with Gasteiger partial charge in [0.1, 0.15) is 0 Å². The van der Waals surface area contributed by atoms with Crippen LogP contribution in [0.1, 0.15) is 97.3 Å². The average Bonchev–Trinajstić information content (AvgIpc) is 2.85. The van der Waals surface area contributed by atoms with E-state index in [1.807, 2.05) is 0 Å². The molecular formula is C17H35N. The predicted molar refractivity (Wildman–Crippen MR) is 82.1 cm³/mol. The summed E-state index contributed by atoms with van der Waals surface area (Å²) >= 11 is 0. The highest BCUT2D eigenvalue weighted by atomic mass is 15.0. The molecule has 1 atom stereocenters. The maximum absolute atomic E-state index is 3.82. The number of unbranched alkanes of at least 4 members (excludes halogenated alkanes) is 7. The first kappa shape index (κ1) is 16.0. The van der Waals surface area contributed by atoms with Crippen molar-refractivity contribution in [1.29, 1.82) is 0 Å². The standard InChI is InChI=1S/C17H35N/c1-3-5-7-8-9-10-11-14-17(13-6-4-2)15-12-16-18-17/h18H,3-16H2,1-2H3. The lowest BCUT2D eigenvalue weighted by Crippen LogP contribution is -2.39. The molecule has 0 amide bonds.